The lowest BCUT2D eigenvalue weighted by atomic mass is 10.1. The molecule has 6 nitrogen and oxygen atoms in total. The number of nitrogens with zero attached hydrogens (tertiary/aromatic N) is 1. The highest BCUT2D eigenvalue weighted by molar-refractivity contribution is 6.30. The molecule has 3 amide bonds. The first-order valence-electron chi connectivity index (χ1n) is 8.93. The van der Waals surface area contributed by atoms with Crippen molar-refractivity contribution < 1.29 is 19.1 Å². The third kappa shape index (κ3) is 4.70. The van der Waals surface area contributed by atoms with Gasteiger partial charge in [-0.2, -0.15) is 0 Å². The van der Waals surface area contributed by atoms with Gasteiger partial charge in [0.2, 0.25) is 11.8 Å². The lowest BCUT2D eigenvalue weighted by molar-refractivity contribution is -0.139. The van der Waals surface area contributed by atoms with Crippen LogP contribution in [0.25, 0.3) is 0 Å². The summed E-state index contributed by atoms with van der Waals surface area (Å²) in [6, 6.07) is 13.8. The standard InChI is InChI=1S/C21H21ClN2O4/c1-21(2,28-17-9-5-15(22)6-10-17)20(27)23-16-7-3-14(4-8-16)13-24-18(25)11-12-19(24)26/h3-10H,11-13H2,1-2H3,(H,23,27). The van der Waals surface area contributed by atoms with E-state index in [2.05, 4.69) is 5.32 Å². The summed E-state index contributed by atoms with van der Waals surface area (Å²) in [5.41, 5.74) is 0.319. The zero-order valence-electron chi connectivity index (χ0n) is 15.7. The van der Waals surface area contributed by atoms with Crippen molar-refractivity contribution in [2.45, 2.75) is 38.8 Å². The first-order chi connectivity index (χ1) is 13.2. The number of amides is 3. The molecule has 1 aliphatic heterocycles. The minimum atomic E-state index is -1.10. The summed E-state index contributed by atoms with van der Waals surface area (Å²) in [4.78, 5) is 37.3. The largest absolute Gasteiger partial charge is 0.478 e. The lowest BCUT2D eigenvalue weighted by Crippen LogP contribution is -2.42. The number of carbonyl (C=O) groups excluding carboxylic acids is 3. The van der Waals surface area contributed by atoms with E-state index in [9.17, 15) is 14.4 Å². The molecule has 1 heterocycles. The molecule has 0 aromatic heterocycles. The average Bonchev–Trinajstić information content (AvgIpc) is 2.97. The van der Waals surface area contributed by atoms with E-state index in [-0.39, 0.29) is 37.1 Å². The van der Waals surface area contributed by atoms with Crippen molar-refractivity contribution in [1.82, 2.24) is 4.90 Å². The summed E-state index contributed by atoms with van der Waals surface area (Å²) < 4.78 is 5.77. The third-order valence-corrected chi connectivity index (χ3v) is 4.69. The number of rotatable bonds is 6. The van der Waals surface area contributed by atoms with E-state index >= 15 is 0 Å². The Balaban J connectivity index is 1.61. The van der Waals surface area contributed by atoms with Crippen molar-refractivity contribution in [1.29, 1.82) is 0 Å². The zero-order chi connectivity index (χ0) is 20.3. The molecule has 3 rings (SSSR count). The van der Waals surface area contributed by atoms with Gasteiger partial charge in [0, 0.05) is 23.6 Å². The second kappa shape index (κ2) is 8.02. The molecule has 2 aromatic rings. The van der Waals surface area contributed by atoms with Crippen molar-refractivity contribution in [3.8, 4) is 5.75 Å². The average molecular weight is 401 g/mol. The number of carbonyl (C=O) groups is 3. The molecule has 1 saturated heterocycles. The molecule has 146 valence electrons. The van der Waals surface area contributed by atoms with E-state index in [0.717, 1.165) is 5.56 Å². The van der Waals surface area contributed by atoms with Crippen LogP contribution in [0.2, 0.25) is 5.02 Å². The third-order valence-electron chi connectivity index (χ3n) is 4.44. The van der Waals surface area contributed by atoms with E-state index in [1.165, 1.54) is 4.90 Å². The molecular formula is C21H21ClN2O4. The first-order valence-corrected chi connectivity index (χ1v) is 9.30. The zero-order valence-corrected chi connectivity index (χ0v) is 16.5. The van der Waals surface area contributed by atoms with Crippen molar-refractivity contribution in [2.24, 2.45) is 0 Å². The van der Waals surface area contributed by atoms with Gasteiger partial charge in [0.15, 0.2) is 5.60 Å². The summed E-state index contributed by atoms with van der Waals surface area (Å²) in [6.07, 6.45) is 0.547. The van der Waals surface area contributed by atoms with Crippen molar-refractivity contribution in [3.63, 3.8) is 0 Å². The van der Waals surface area contributed by atoms with Gasteiger partial charge in [-0.1, -0.05) is 23.7 Å². The molecule has 0 radical (unpaired) electrons. The Hall–Kier alpha value is -2.86. The maximum absolute atomic E-state index is 12.6. The fourth-order valence-corrected chi connectivity index (χ4v) is 2.93. The number of likely N-dealkylation sites (tertiary alicyclic amines) is 1. The molecule has 1 aliphatic rings. The molecule has 1 N–H and O–H groups in total. The SMILES string of the molecule is CC(C)(Oc1ccc(Cl)cc1)C(=O)Nc1ccc(CN2C(=O)CCC2=O)cc1. The molecule has 0 atom stereocenters. The van der Waals surface area contributed by atoms with Crippen molar-refractivity contribution in [3.05, 3.63) is 59.1 Å². The van der Waals surface area contributed by atoms with Crippen LogP contribution in [0, 0.1) is 0 Å². The van der Waals surface area contributed by atoms with Gasteiger partial charge in [-0.3, -0.25) is 19.3 Å². The fourth-order valence-electron chi connectivity index (χ4n) is 2.80. The van der Waals surface area contributed by atoms with Gasteiger partial charge >= 0.3 is 0 Å². The highest BCUT2D eigenvalue weighted by atomic mass is 35.5. The van der Waals surface area contributed by atoms with Crippen LogP contribution >= 0.6 is 11.6 Å². The molecule has 1 fully saturated rings. The van der Waals surface area contributed by atoms with Crippen LogP contribution in [-0.4, -0.2) is 28.2 Å². The van der Waals surface area contributed by atoms with E-state index in [0.29, 0.717) is 16.5 Å². The van der Waals surface area contributed by atoms with Crippen LogP contribution in [0.5, 0.6) is 5.75 Å². The summed E-state index contributed by atoms with van der Waals surface area (Å²) in [5, 5.41) is 3.40. The summed E-state index contributed by atoms with van der Waals surface area (Å²) >= 11 is 5.86. The second-order valence-corrected chi connectivity index (χ2v) is 7.53. The number of hydrogen-bond acceptors (Lipinski definition) is 4. The smallest absolute Gasteiger partial charge is 0.267 e. The molecule has 2 aromatic carbocycles. The molecule has 0 bridgehead atoms. The van der Waals surface area contributed by atoms with Gasteiger partial charge in [0.1, 0.15) is 5.75 Å². The minimum absolute atomic E-state index is 0.150. The van der Waals surface area contributed by atoms with E-state index in [1.54, 1.807) is 62.4 Å². The quantitative estimate of drug-likeness (QED) is 0.748. The second-order valence-electron chi connectivity index (χ2n) is 7.09. The summed E-state index contributed by atoms with van der Waals surface area (Å²) in [7, 11) is 0. The normalized spacial score (nSPS) is 14.3. The number of anilines is 1. The molecule has 28 heavy (non-hydrogen) atoms. The maximum atomic E-state index is 12.6. The molecule has 0 saturated carbocycles. The molecule has 0 unspecified atom stereocenters. The van der Waals surface area contributed by atoms with Crippen LogP contribution in [0.3, 0.4) is 0 Å². The Morgan fingerprint density at radius 2 is 1.61 bits per heavy atom. The minimum Gasteiger partial charge on any atom is -0.478 e. The van der Waals surface area contributed by atoms with Crippen LogP contribution in [0.15, 0.2) is 48.5 Å². The Bertz CT molecular complexity index is 876. The number of imide groups is 1. The predicted octanol–water partition coefficient (Wildman–Crippen LogP) is 3.79. The van der Waals surface area contributed by atoms with Gasteiger partial charge < -0.3 is 10.1 Å². The molecule has 0 spiro atoms. The highest BCUT2D eigenvalue weighted by Gasteiger charge is 2.30. The summed E-state index contributed by atoms with van der Waals surface area (Å²) in [6.45, 7) is 3.60. The van der Waals surface area contributed by atoms with E-state index in [4.69, 9.17) is 16.3 Å². The number of halogens is 1. The van der Waals surface area contributed by atoms with E-state index < -0.39 is 5.60 Å². The van der Waals surface area contributed by atoms with E-state index in [1.807, 2.05) is 0 Å². The number of nitrogens with one attached hydrogen (secondary N) is 1. The Kier molecular flexibility index (Phi) is 5.70. The molecule has 0 aliphatic carbocycles. The Morgan fingerprint density at radius 1 is 1.04 bits per heavy atom. The predicted molar refractivity (Wildman–Crippen MR) is 106 cm³/mol. The fraction of sp³-hybridized carbons (Fsp3) is 0.286. The Labute approximate surface area is 168 Å². The van der Waals surface area contributed by atoms with Gasteiger partial charge in [0.05, 0.1) is 6.54 Å². The van der Waals surface area contributed by atoms with Crippen molar-refractivity contribution in [2.75, 3.05) is 5.32 Å². The monoisotopic (exact) mass is 400 g/mol. The van der Waals surface area contributed by atoms with Crippen LogP contribution in [0.4, 0.5) is 5.69 Å². The number of hydrogen-bond donors (Lipinski definition) is 1. The van der Waals surface area contributed by atoms with Crippen LogP contribution in [0.1, 0.15) is 32.3 Å². The Morgan fingerprint density at radius 3 is 2.18 bits per heavy atom. The van der Waals surface area contributed by atoms with Crippen LogP contribution < -0.4 is 10.1 Å². The first kappa shape index (κ1) is 19.9. The molecule has 7 heteroatoms. The van der Waals surface area contributed by atoms with Gasteiger partial charge in [-0.05, 0) is 55.8 Å². The molecular weight excluding hydrogens is 380 g/mol. The van der Waals surface area contributed by atoms with Gasteiger partial charge in [-0.25, -0.2) is 0 Å². The topological polar surface area (TPSA) is 75.7 Å². The van der Waals surface area contributed by atoms with Gasteiger partial charge in [0.25, 0.3) is 5.91 Å². The number of benzene rings is 2. The van der Waals surface area contributed by atoms with Gasteiger partial charge in [-0.15, -0.1) is 0 Å². The van der Waals surface area contributed by atoms with Crippen molar-refractivity contribution >= 4 is 35.0 Å². The number of ether oxygens (including phenoxy) is 1. The maximum Gasteiger partial charge on any atom is 0.267 e. The lowest BCUT2D eigenvalue weighted by Gasteiger charge is -2.25. The summed E-state index contributed by atoms with van der Waals surface area (Å²) in [5.74, 6) is -0.0631. The highest BCUT2D eigenvalue weighted by Crippen LogP contribution is 2.23. The van der Waals surface area contributed by atoms with Crippen LogP contribution in [-0.2, 0) is 20.9 Å².